The predicted molar refractivity (Wildman–Crippen MR) is 50.7 cm³/mol. The number of hydrogen-bond donors (Lipinski definition) is 1. The fourth-order valence-electron chi connectivity index (χ4n) is 0.611. The molecular weight excluding hydrogens is 170 g/mol. The van der Waals surface area contributed by atoms with Crippen molar-refractivity contribution in [3.05, 3.63) is 18.5 Å². The van der Waals surface area contributed by atoms with E-state index in [0.29, 0.717) is 5.92 Å². The molecule has 1 N–H and O–H groups in total. The lowest BCUT2D eigenvalue weighted by atomic mass is 10.2. The third-order valence-electron chi connectivity index (χ3n) is 1.20. The fraction of sp³-hybridized carbons (Fsp3) is 0.500. The highest BCUT2D eigenvalue weighted by molar-refractivity contribution is 7.97. The molecule has 1 aromatic heterocycles. The average Bonchev–Trinajstić information content (AvgIpc) is 2.05. The Labute approximate surface area is 77.1 Å². The smallest absolute Gasteiger partial charge is 0.202 e. The fourth-order valence-corrected chi connectivity index (χ4v) is 1.38. The zero-order valence-electron chi connectivity index (χ0n) is 7.32. The Hall–Kier alpha value is -0.610. The number of hydrogen-bond acceptors (Lipinski definition) is 4. The van der Waals surface area contributed by atoms with Crippen LogP contribution in [0.2, 0.25) is 0 Å². The van der Waals surface area contributed by atoms with Gasteiger partial charge in [-0.2, -0.15) is 0 Å². The Bertz CT molecular complexity index is 213. The third kappa shape index (κ3) is 3.69. The van der Waals surface area contributed by atoms with Gasteiger partial charge in [0.25, 0.3) is 0 Å². The van der Waals surface area contributed by atoms with Crippen LogP contribution in [0.5, 0.6) is 0 Å². The molecule has 0 saturated heterocycles. The van der Waals surface area contributed by atoms with Crippen molar-refractivity contribution in [2.45, 2.75) is 19.0 Å². The normalized spacial score (nSPS) is 10.6. The SMILES string of the molecule is CC(C)CNSc1ncccn1. The molecule has 0 amide bonds. The Balaban J connectivity index is 2.25. The van der Waals surface area contributed by atoms with Crippen molar-refractivity contribution < 1.29 is 0 Å². The minimum atomic E-state index is 0.654. The standard InChI is InChI=1S/C8H13N3S/c1-7(2)6-11-12-8-9-4-3-5-10-8/h3-5,7,11H,6H2,1-2H3. The number of rotatable bonds is 4. The molecule has 1 heterocycles. The molecule has 1 rings (SSSR count). The molecule has 0 fully saturated rings. The molecule has 3 nitrogen and oxygen atoms in total. The van der Waals surface area contributed by atoms with Crippen LogP contribution in [-0.2, 0) is 0 Å². The van der Waals surface area contributed by atoms with Gasteiger partial charge in [0.05, 0.1) is 0 Å². The summed E-state index contributed by atoms with van der Waals surface area (Å²) in [5, 5.41) is 0.776. The first-order valence-corrected chi connectivity index (χ1v) is 4.77. The van der Waals surface area contributed by atoms with Crippen molar-refractivity contribution in [3.8, 4) is 0 Å². The molecular formula is C8H13N3S. The maximum absolute atomic E-state index is 4.06. The highest BCUT2D eigenvalue weighted by Crippen LogP contribution is 2.06. The van der Waals surface area contributed by atoms with Crippen LogP contribution in [-0.4, -0.2) is 16.5 Å². The van der Waals surface area contributed by atoms with Crippen molar-refractivity contribution in [1.29, 1.82) is 0 Å². The Morgan fingerprint density at radius 1 is 1.42 bits per heavy atom. The second-order valence-corrected chi connectivity index (χ2v) is 3.73. The first-order chi connectivity index (χ1) is 5.79. The molecule has 4 heteroatoms. The van der Waals surface area contributed by atoms with Crippen molar-refractivity contribution in [1.82, 2.24) is 14.7 Å². The van der Waals surface area contributed by atoms with Gasteiger partial charge in [0.15, 0.2) is 0 Å². The van der Waals surface area contributed by atoms with Gasteiger partial charge in [0, 0.05) is 18.9 Å². The van der Waals surface area contributed by atoms with E-state index in [0.717, 1.165) is 11.7 Å². The Morgan fingerprint density at radius 2 is 2.08 bits per heavy atom. The predicted octanol–water partition coefficient (Wildman–Crippen LogP) is 1.73. The van der Waals surface area contributed by atoms with E-state index < -0.39 is 0 Å². The van der Waals surface area contributed by atoms with E-state index in [2.05, 4.69) is 28.5 Å². The minimum absolute atomic E-state index is 0.654. The molecule has 12 heavy (non-hydrogen) atoms. The van der Waals surface area contributed by atoms with Crippen LogP contribution >= 0.6 is 11.9 Å². The summed E-state index contributed by atoms with van der Waals surface area (Å²) in [5.41, 5.74) is 0. The maximum atomic E-state index is 4.06. The zero-order valence-corrected chi connectivity index (χ0v) is 8.14. The van der Waals surface area contributed by atoms with E-state index in [-0.39, 0.29) is 0 Å². The molecule has 0 aliphatic rings. The van der Waals surface area contributed by atoms with Gasteiger partial charge in [0.2, 0.25) is 5.16 Å². The lowest BCUT2D eigenvalue weighted by Gasteiger charge is -2.04. The second-order valence-electron chi connectivity index (χ2n) is 2.88. The zero-order chi connectivity index (χ0) is 8.81. The summed E-state index contributed by atoms with van der Waals surface area (Å²) < 4.78 is 3.19. The topological polar surface area (TPSA) is 37.8 Å². The minimum Gasteiger partial charge on any atom is -0.257 e. The van der Waals surface area contributed by atoms with Gasteiger partial charge in [-0.3, -0.25) is 4.72 Å². The van der Waals surface area contributed by atoms with Crippen LogP contribution in [0.3, 0.4) is 0 Å². The molecule has 0 saturated carbocycles. The van der Waals surface area contributed by atoms with Gasteiger partial charge in [-0.15, -0.1) is 0 Å². The molecule has 1 aromatic rings. The largest absolute Gasteiger partial charge is 0.257 e. The Kier molecular flexibility index (Phi) is 4.04. The maximum Gasteiger partial charge on any atom is 0.202 e. The van der Waals surface area contributed by atoms with Gasteiger partial charge < -0.3 is 0 Å². The number of nitrogens with one attached hydrogen (secondary N) is 1. The summed E-state index contributed by atoms with van der Waals surface area (Å²) in [6.45, 7) is 5.31. The van der Waals surface area contributed by atoms with Crippen LogP contribution < -0.4 is 4.72 Å². The molecule has 0 spiro atoms. The molecule has 0 aliphatic carbocycles. The highest BCUT2D eigenvalue weighted by atomic mass is 32.2. The summed E-state index contributed by atoms with van der Waals surface area (Å²) >= 11 is 1.48. The quantitative estimate of drug-likeness (QED) is 0.570. The van der Waals surface area contributed by atoms with E-state index >= 15 is 0 Å². The first kappa shape index (κ1) is 9.48. The monoisotopic (exact) mass is 183 g/mol. The lowest BCUT2D eigenvalue weighted by molar-refractivity contribution is 0.639. The molecule has 0 radical (unpaired) electrons. The van der Waals surface area contributed by atoms with Gasteiger partial charge in [-0.05, 0) is 23.9 Å². The lowest BCUT2D eigenvalue weighted by Crippen LogP contribution is -2.11. The van der Waals surface area contributed by atoms with Crippen molar-refractivity contribution in [2.75, 3.05) is 6.54 Å². The van der Waals surface area contributed by atoms with Crippen LogP contribution in [0.25, 0.3) is 0 Å². The van der Waals surface area contributed by atoms with Gasteiger partial charge >= 0.3 is 0 Å². The summed E-state index contributed by atoms with van der Waals surface area (Å²) in [4.78, 5) is 8.13. The number of nitrogens with zero attached hydrogens (tertiary/aromatic N) is 2. The molecule has 0 bridgehead atoms. The van der Waals surface area contributed by atoms with Crippen molar-refractivity contribution >= 4 is 11.9 Å². The van der Waals surface area contributed by atoms with Crippen molar-refractivity contribution in [3.63, 3.8) is 0 Å². The van der Waals surface area contributed by atoms with E-state index in [1.54, 1.807) is 12.4 Å². The molecule has 0 aromatic carbocycles. The van der Waals surface area contributed by atoms with E-state index in [1.165, 1.54) is 11.9 Å². The summed E-state index contributed by atoms with van der Waals surface area (Å²) in [6, 6.07) is 1.81. The van der Waals surface area contributed by atoms with Gasteiger partial charge in [-0.25, -0.2) is 9.97 Å². The van der Waals surface area contributed by atoms with E-state index in [9.17, 15) is 0 Å². The van der Waals surface area contributed by atoms with Crippen LogP contribution in [0.15, 0.2) is 23.6 Å². The molecule has 66 valence electrons. The van der Waals surface area contributed by atoms with E-state index in [1.807, 2.05) is 6.07 Å². The van der Waals surface area contributed by atoms with Gasteiger partial charge in [0.1, 0.15) is 0 Å². The highest BCUT2D eigenvalue weighted by Gasteiger charge is 1.96. The second kappa shape index (κ2) is 5.11. The summed E-state index contributed by atoms with van der Waals surface area (Å²) in [7, 11) is 0. The van der Waals surface area contributed by atoms with Crippen molar-refractivity contribution in [2.24, 2.45) is 5.92 Å². The van der Waals surface area contributed by atoms with Gasteiger partial charge in [-0.1, -0.05) is 13.8 Å². The molecule has 0 aliphatic heterocycles. The van der Waals surface area contributed by atoms with Crippen LogP contribution in [0, 0.1) is 5.92 Å². The summed E-state index contributed by atoms with van der Waals surface area (Å²) in [6.07, 6.45) is 3.48. The summed E-state index contributed by atoms with van der Waals surface area (Å²) in [5.74, 6) is 0.654. The Morgan fingerprint density at radius 3 is 2.67 bits per heavy atom. The first-order valence-electron chi connectivity index (χ1n) is 3.96. The number of aromatic nitrogens is 2. The molecule has 0 unspecified atom stereocenters. The van der Waals surface area contributed by atoms with Crippen LogP contribution in [0.1, 0.15) is 13.8 Å². The van der Waals surface area contributed by atoms with E-state index in [4.69, 9.17) is 0 Å². The third-order valence-corrected chi connectivity index (χ3v) is 1.90. The molecule has 0 atom stereocenters. The average molecular weight is 183 g/mol. The van der Waals surface area contributed by atoms with Crippen LogP contribution in [0.4, 0.5) is 0 Å².